The predicted octanol–water partition coefficient (Wildman–Crippen LogP) is 4.93. The van der Waals surface area contributed by atoms with Crippen molar-refractivity contribution >= 4 is 44.9 Å². The van der Waals surface area contributed by atoms with Crippen LogP contribution in [0.3, 0.4) is 0 Å². The van der Waals surface area contributed by atoms with E-state index in [-0.39, 0.29) is 28.8 Å². The maximum absolute atomic E-state index is 13.0. The van der Waals surface area contributed by atoms with Gasteiger partial charge in [-0.25, -0.2) is 4.39 Å². The number of hydrogen-bond acceptors (Lipinski definition) is 5. The van der Waals surface area contributed by atoms with Gasteiger partial charge in [0.2, 0.25) is 0 Å². The molecule has 1 aliphatic heterocycles. The van der Waals surface area contributed by atoms with Crippen LogP contribution in [0.25, 0.3) is 6.08 Å². The molecular formula is C19H15BrFNO4S. The fraction of sp³-hybridized carbons (Fsp3) is 0.158. The molecule has 0 aliphatic carbocycles. The Hall–Kier alpha value is -2.32. The Morgan fingerprint density at radius 3 is 2.63 bits per heavy atom. The van der Waals surface area contributed by atoms with Crippen LogP contribution < -0.4 is 4.74 Å². The molecule has 1 aliphatic rings. The predicted molar refractivity (Wildman–Crippen MR) is 105 cm³/mol. The summed E-state index contributed by atoms with van der Waals surface area (Å²) in [6, 6.07) is 8.87. The molecule has 0 saturated carbocycles. The summed E-state index contributed by atoms with van der Waals surface area (Å²) in [6.07, 6.45) is 1.57. The van der Waals surface area contributed by atoms with Crippen molar-refractivity contribution in [2.75, 3.05) is 6.61 Å². The van der Waals surface area contributed by atoms with Crippen molar-refractivity contribution in [1.29, 1.82) is 0 Å². The molecule has 1 fully saturated rings. The van der Waals surface area contributed by atoms with Crippen molar-refractivity contribution in [1.82, 2.24) is 4.90 Å². The first-order chi connectivity index (χ1) is 12.9. The largest absolute Gasteiger partial charge is 0.503 e. The van der Waals surface area contributed by atoms with Gasteiger partial charge in [0.1, 0.15) is 5.82 Å². The molecule has 2 aromatic carbocycles. The van der Waals surface area contributed by atoms with Crippen LogP contribution in [-0.2, 0) is 11.3 Å². The first kappa shape index (κ1) is 19.4. The van der Waals surface area contributed by atoms with E-state index in [2.05, 4.69) is 15.9 Å². The molecule has 0 radical (unpaired) electrons. The minimum atomic E-state index is -0.420. The van der Waals surface area contributed by atoms with Crippen molar-refractivity contribution in [2.24, 2.45) is 0 Å². The number of phenols is 1. The number of phenolic OH excluding ortho intramolecular Hbond substituents is 1. The second-order valence-corrected chi connectivity index (χ2v) is 7.52. The summed E-state index contributed by atoms with van der Waals surface area (Å²) >= 11 is 4.08. The van der Waals surface area contributed by atoms with Crippen molar-refractivity contribution in [3.05, 3.63) is 62.7 Å². The molecule has 2 amide bonds. The number of carbonyl (C=O) groups is 2. The number of ether oxygens (including phenoxy) is 1. The number of carbonyl (C=O) groups excluding carboxylic acids is 2. The lowest BCUT2D eigenvalue weighted by atomic mass is 10.1. The number of imide groups is 1. The molecule has 140 valence electrons. The third-order valence-corrected chi connectivity index (χ3v) is 5.29. The van der Waals surface area contributed by atoms with Crippen LogP contribution in [0.5, 0.6) is 11.5 Å². The molecule has 27 heavy (non-hydrogen) atoms. The van der Waals surface area contributed by atoms with Crippen LogP contribution in [0.4, 0.5) is 9.18 Å². The van der Waals surface area contributed by atoms with E-state index >= 15 is 0 Å². The summed E-state index contributed by atoms with van der Waals surface area (Å²) in [5, 5.41) is 9.59. The Bertz CT molecular complexity index is 930. The highest BCUT2D eigenvalue weighted by Gasteiger charge is 2.35. The van der Waals surface area contributed by atoms with Crippen LogP contribution in [0, 0.1) is 5.82 Å². The Morgan fingerprint density at radius 1 is 1.26 bits per heavy atom. The van der Waals surface area contributed by atoms with Crippen LogP contribution in [-0.4, -0.2) is 27.8 Å². The van der Waals surface area contributed by atoms with Gasteiger partial charge in [0.05, 0.1) is 22.5 Å². The average molecular weight is 452 g/mol. The van der Waals surface area contributed by atoms with E-state index < -0.39 is 11.1 Å². The molecule has 3 rings (SSSR count). The number of hydrogen-bond donors (Lipinski definition) is 1. The van der Waals surface area contributed by atoms with E-state index in [0.717, 1.165) is 16.7 Å². The zero-order valence-electron chi connectivity index (χ0n) is 14.2. The van der Waals surface area contributed by atoms with Crippen molar-refractivity contribution in [2.45, 2.75) is 13.5 Å². The molecule has 2 aromatic rings. The van der Waals surface area contributed by atoms with E-state index in [4.69, 9.17) is 4.74 Å². The third-order valence-electron chi connectivity index (χ3n) is 3.78. The van der Waals surface area contributed by atoms with Gasteiger partial charge in [0, 0.05) is 0 Å². The first-order valence-corrected chi connectivity index (χ1v) is 9.65. The Labute approximate surface area is 167 Å². The van der Waals surface area contributed by atoms with Gasteiger partial charge in [-0.15, -0.1) is 0 Å². The van der Waals surface area contributed by atoms with Gasteiger partial charge >= 0.3 is 0 Å². The summed E-state index contributed by atoms with van der Waals surface area (Å²) < 4.78 is 18.8. The molecule has 0 aromatic heterocycles. The second kappa shape index (κ2) is 8.14. The molecule has 0 unspecified atom stereocenters. The molecule has 1 heterocycles. The summed E-state index contributed by atoms with van der Waals surface area (Å²) in [6.45, 7) is 2.24. The number of halogens is 2. The van der Waals surface area contributed by atoms with E-state index in [9.17, 15) is 19.1 Å². The minimum Gasteiger partial charge on any atom is -0.503 e. The van der Waals surface area contributed by atoms with Crippen molar-refractivity contribution in [3.63, 3.8) is 0 Å². The number of aromatic hydroxyl groups is 1. The lowest BCUT2D eigenvalue weighted by Crippen LogP contribution is -2.27. The molecular weight excluding hydrogens is 437 g/mol. The smallest absolute Gasteiger partial charge is 0.293 e. The molecule has 0 spiro atoms. The fourth-order valence-corrected chi connectivity index (χ4v) is 3.80. The SMILES string of the molecule is CCOc1cc(/C=C2/SC(=O)N(Cc3ccc(F)cc3)C2=O)cc(Br)c1O. The lowest BCUT2D eigenvalue weighted by Gasteiger charge is -2.12. The molecule has 5 nitrogen and oxygen atoms in total. The molecule has 0 atom stereocenters. The van der Waals surface area contributed by atoms with Crippen LogP contribution in [0.1, 0.15) is 18.1 Å². The first-order valence-electron chi connectivity index (χ1n) is 8.04. The van der Waals surface area contributed by atoms with Crippen LogP contribution in [0.2, 0.25) is 0 Å². The van der Waals surface area contributed by atoms with Gasteiger partial charge < -0.3 is 9.84 Å². The number of benzene rings is 2. The van der Waals surface area contributed by atoms with Crippen molar-refractivity contribution in [3.8, 4) is 11.5 Å². The van der Waals surface area contributed by atoms with E-state index in [1.165, 1.54) is 24.3 Å². The van der Waals surface area contributed by atoms with Gasteiger partial charge in [0.25, 0.3) is 11.1 Å². The molecule has 8 heteroatoms. The monoisotopic (exact) mass is 451 g/mol. The van der Waals surface area contributed by atoms with E-state index in [1.807, 2.05) is 0 Å². The molecule has 1 N–H and O–H groups in total. The van der Waals surface area contributed by atoms with Crippen LogP contribution in [0.15, 0.2) is 45.8 Å². The summed E-state index contributed by atoms with van der Waals surface area (Å²) in [4.78, 5) is 26.2. The third kappa shape index (κ3) is 4.33. The lowest BCUT2D eigenvalue weighted by molar-refractivity contribution is -0.123. The highest BCUT2D eigenvalue weighted by Crippen LogP contribution is 2.38. The van der Waals surface area contributed by atoms with Gasteiger partial charge in [-0.05, 0) is 76.1 Å². The summed E-state index contributed by atoms with van der Waals surface area (Å²) in [5.41, 5.74) is 1.27. The highest BCUT2D eigenvalue weighted by atomic mass is 79.9. The van der Waals surface area contributed by atoms with Gasteiger partial charge in [0.15, 0.2) is 11.5 Å². The quantitative estimate of drug-likeness (QED) is 0.652. The summed E-state index contributed by atoms with van der Waals surface area (Å²) in [5.74, 6) is -0.547. The Kier molecular flexibility index (Phi) is 5.86. The average Bonchev–Trinajstić information content (AvgIpc) is 2.88. The van der Waals surface area contributed by atoms with E-state index in [0.29, 0.717) is 22.2 Å². The number of rotatable bonds is 5. The standard InChI is InChI=1S/C19H15BrFNO4S/c1-2-26-15-8-12(7-14(20)17(15)23)9-16-18(24)22(19(25)27-16)10-11-3-5-13(21)6-4-11/h3-9,23H,2,10H2,1H3/b16-9+. The van der Waals surface area contributed by atoms with E-state index in [1.54, 1.807) is 25.1 Å². The fourth-order valence-electron chi connectivity index (χ4n) is 2.50. The topological polar surface area (TPSA) is 66.8 Å². The zero-order chi connectivity index (χ0) is 19.6. The van der Waals surface area contributed by atoms with Gasteiger partial charge in [-0.2, -0.15) is 0 Å². The minimum absolute atomic E-state index is 0.0292. The zero-order valence-corrected chi connectivity index (χ0v) is 16.6. The Morgan fingerprint density at radius 2 is 1.96 bits per heavy atom. The van der Waals surface area contributed by atoms with Crippen LogP contribution >= 0.6 is 27.7 Å². The van der Waals surface area contributed by atoms with Gasteiger partial charge in [-0.1, -0.05) is 12.1 Å². The maximum Gasteiger partial charge on any atom is 0.293 e. The highest BCUT2D eigenvalue weighted by molar-refractivity contribution is 9.10. The Balaban J connectivity index is 1.85. The second-order valence-electron chi connectivity index (χ2n) is 5.68. The summed E-state index contributed by atoms with van der Waals surface area (Å²) in [7, 11) is 0. The number of amides is 2. The maximum atomic E-state index is 13.0. The van der Waals surface area contributed by atoms with Crippen molar-refractivity contribution < 1.29 is 23.8 Å². The van der Waals surface area contributed by atoms with Gasteiger partial charge in [-0.3, -0.25) is 14.5 Å². The normalized spacial score (nSPS) is 15.7. The molecule has 0 bridgehead atoms. The molecule has 1 saturated heterocycles. The number of thioether (sulfide) groups is 1. The number of nitrogens with zero attached hydrogens (tertiary/aromatic N) is 1.